The first kappa shape index (κ1) is 22.2. The van der Waals surface area contributed by atoms with Gasteiger partial charge in [0, 0.05) is 43.7 Å². The van der Waals surface area contributed by atoms with Crippen LogP contribution in [0.5, 0.6) is 0 Å². The summed E-state index contributed by atoms with van der Waals surface area (Å²) in [5.74, 6) is 0. The molecule has 0 bridgehead atoms. The van der Waals surface area contributed by atoms with Gasteiger partial charge in [0.15, 0.2) is 9.84 Å². The van der Waals surface area contributed by atoms with E-state index < -0.39 is 9.84 Å². The maximum absolute atomic E-state index is 11.8. The highest BCUT2D eigenvalue weighted by Gasteiger charge is 2.25. The molecule has 0 atom stereocenters. The molecule has 0 aliphatic carbocycles. The van der Waals surface area contributed by atoms with E-state index in [0.29, 0.717) is 30.6 Å². The standard InChI is InChI=1S/C22H29N3O4S/c1-4-29-22(26)25-13-11-19(12-14-25)24(2)16-17-5-10-21(23-15-17)18-6-8-20(9-7-18)30(3,27)28/h5-10,15,19H,4,11-14,16H2,1-3H3. The summed E-state index contributed by atoms with van der Waals surface area (Å²) in [6, 6.07) is 11.2. The molecule has 3 rings (SSSR count). The van der Waals surface area contributed by atoms with Crippen LogP contribution in [0.25, 0.3) is 11.3 Å². The van der Waals surface area contributed by atoms with E-state index in [1.807, 2.05) is 19.2 Å². The van der Waals surface area contributed by atoms with Crippen LogP contribution in [-0.4, -0.2) is 68.3 Å². The summed E-state index contributed by atoms with van der Waals surface area (Å²) in [4.78, 5) is 20.8. The number of hydrogen-bond acceptors (Lipinski definition) is 6. The van der Waals surface area contributed by atoms with Crippen molar-refractivity contribution in [1.29, 1.82) is 0 Å². The van der Waals surface area contributed by atoms with Crippen molar-refractivity contribution in [2.24, 2.45) is 0 Å². The van der Waals surface area contributed by atoms with Gasteiger partial charge in [-0.3, -0.25) is 9.88 Å². The lowest BCUT2D eigenvalue weighted by molar-refractivity contribution is 0.0794. The third-order valence-corrected chi connectivity index (χ3v) is 6.58. The van der Waals surface area contributed by atoms with Crippen molar-refractivity contribution in [3.63, 3.8) is 0 Å². The van der Waals surface area contributed by atoms with E-state index in [9.17, 15) is 13.2 Å². The van der Waals surface area contributed by atoms with Crippen molar-refractivity contribution in [3.8, 4) is 11.3 Å². The van der Waals surface area contributed by atoms with Crippen LogP contribution >= 0.6 is 0 Å². The van der Waals surface area contributed by atoms with Crippen LogP contribution in [0.15, 0.2) is 47.5 Å². The molecule has 1 amide bonds. The Morgan fingerprint density at radius 1 is 1.17 bits per heavy atom. The summed E-state index contributed by atoms with van der Waals surface area (Å²) >= 11 is 0. The zero-order valence-electron chi connectivity index (χ0n) is 17.7. The van der Waals surface area contributed by atoms with Gasteiger partial charge < -0.3 is 9.64 Å². The van der Waals surface area contributed by atoms with Crippen molar-refractivity contribution in [2.45, 2.75) is 37.2 Å². The Balaban J connectivity index is 1.56. The van der Waals surface area contributed by atoms with Gasteiger partial charge in [-0.25, -0.2) is 13.2 Å². The van der Waals surface area contributed by atoms with Crippen LogP contribution in [0.2, 0.25) is 0 Å². The van der Waals surface area contributed by atoms with Crippen LogP contribution < -0.4 is 0 Å². The predicted molar refractivity (Wildman–Crippen MR) is 116 cm³/mol. The van der Waals surface area contributed by atoms with Crippen LogP contribution in [0, 0.1) is 0 Å². The molecule has 0 unspecified atom stereocenters. The Labute approximate surface area is 178 Å². The molecule has 8 heteroatoms. The number of rotatable bonds is 6. The maximum Gasteiger partial charge on any atom is 0.409 e. The fraction of sp³-hybridized carbons (Fsp3) is 0.455. The van der Waals surface area contributed by atoms with E-state index in [-0.39, 0.29) is 6.09 Å². The monoisotopic (exact) mass is 431 g/mol. The third-order valence-electron chi connectivity index (χ3n) is 5.45. The van der Waals surface area contributed by atoms with Gasteiger partial charge in [0.05, 0.1) is 17.2 Å². The van der Waals surface area contributed by atoms with Crippen LogP contribution in [0.4, 0.5) is 4.79 Å². The average Bonchev–Trinajstić information content (AvgIpc) is 2.74. The molecule has 30 heavy (non-hydrogen) atoms. The van der Waals surface area contributed by atoms with E-state index in [2.05, 4.69) is 23.0 Å². The quantitative estimate of drug-likeness (QED) is 0.699. The molecule has 1 aliphatic rings. The molecule has 1 fully saturated rings. The van der Waals surface area contributed by atoms with Gasteiger partial charge in [-0.15, -0.1) is 0 Å². The third kappa shape index (κ3) is 5.58. The Kier molecular flexibility index (Phi) is 7.10. The van der Waals surface area contributed by atoms with Gasteiger partial charge in [0.2, 0.25) is 0 Å². The molecule has 1 saturated heterocycles. The molecule has 0 spiro atoms. The number of nitrogens with zero attached hydrogens (tertiary/aromatic N) is 3. The van der Waals surface area contributed by atoms with E-state index in [0.717, 1.165) is 36.2 Å². The van der Waals surface area contributed by atoms with Crippen LogP contribution in [0.1, 0.15) is 25.3 Å². The number of piperidine rings is 1. The zero-order valence-corrected chi connectivity index (χ0v) is 18.6. The Morgan fingerprint density at radius 2 is 1.83 bits per heavy atom. The highest BCUT2D eigenvalue weighted by atomic mass is 32.2. The molecule has 1 aromatic carbocycles. The van der Waals surface area contributed by atoms with Gasteiger partial charge in [-0.2, -0.15) is 0 Å². The van der Waals surface area contributed by atoms with Gasteiger partial charge in [0.1, 0.15) is 0 Å². The van der Waals surface area contributed by atoms with E-state index in [1.54, 1.807) is 29.2 Å². The summed E-state index contributed by atoms with van der Waals surface area (Å²) in [5.41, 5.74) is 2.81. The molecular weight excluding hydrogens is 402 g/mol. The second-order valence-corrected chi connectivity index (χ2v) is 9.70. The minimum Gasteiger partial charge on any atom is -0.450 e. The SMILES string of the molecule is CCOC(=O)N1CCC(N(C)Cc2ccc(-c3ccc(S(C)(=O)=O)cc3)nc2)CC1. The number of aromatic nitrogens is 1. The molecular formula is C22H29N3O4S. The summed E-state index contributed by atoms with van der Waals surface area (Å²) in [7, 11) is -1.10. The molecule has 1 aromatic heterocycles. The van der Waals surface area contributed by atoms with Gasteiger partial charge in [0.25, 0.3) is 0 Å². The molecule has 7 nitrogen and oxygen atoms in total. The van der Waals surface area contributed by atoms with Crippen molar-refractivity contribution < 1.29 is 17.9 Å². The normalized spacial score (nSPS) is 15.4. The number of carbonyl (C=O) groups is 1. The lowest BCUT2D eigenvalue weighted by Crippen LogP contribution is -2.45. The van der Waals surface area contributed by atoms with Crippen LogP contribution in [-0.2, 0) is 21.1 Å². The van der Waals surface area contributed by atoms with Gasteiger partial charge in [-0.05, 0) is 50.6 Å². The predicted octanol–water partition coefficient (Wildman–Crippen LogP) is 3.20. The first-order valence-electron chi connectivity index (χ1n) is 10.2. The first-order chi connectivity index (χ1) is 14.3. The van der Waals surface area contributed by atoms with E-state index >= 15 is 0 Å². The average molecular weight is 432 g/mol. The van der Waals surface area contributed by atoms with Gasteiger partial charge >= 0.3 is 6.09 Å². The number of likely N-dealkylation sites (tertiary alicyclic amines) is 1. The molecule has 1 aliphatic heterocycles. The van der Waals surface area contributed by atoms with Crippen LogP contribution in [0.3, 0.4) is 0 Å². The second kappa shape index (κ2) is 9.57. The molecule has 2 heterocycles. The number of hydrogen-bond donors (Lipinski definition) is 0. The fourth-order valence-electron chi connectivity index (χ4n) is 3.68. The summed E-state index contributed by atoms with van der Waals surface area (Å²) in [6.45, 7) is 4.44. The number of sulfone groups is 1. The highest BCUT2D eigenvalue weighted by Crippen LogP contribution is 2.21. The number of carbonyl (C=O) groups excluding carboxylic acids is 1. The molecule has 0 saturated carbocycles. The summed E-state index contributed by atoms with van der Waals surface area (Å²) < 4.78 is 28.3. The second-order valence-electron chi connectivity index (χ2n) is 7.68. The van der Waals surface area contributed by atoms with Crippen molar-refractivity contribution >= 4 is 15.9 Å². The zero-order chi connectivity index (χ0) is 21.7. The number of ether oxygens (including phenoxy) is 1. The lowest BCUT2D eigenvalue weighted by atomic mass is 10.0. The number of pyridine rings is 1. The Morgan fingerprint density at radius 3 is 2.37 bits per heavy atom. The minimum atomic E-state index is -3.20. The molecule has 0 radical (unpaired) electrons. The summed E-state index contributed by atoms with van der Waals surface area (Å²) in [6.07, 6.45) is 4.69. The van der Waals surface area contributed by atoms with Crippen molar-refractivity contribution in [2.75, 3.05) is 33.0 Å². The van der Waals surface area contributed by atoms with Gasteiger partial charge in [-0.1, -0.05) is 18.2 Å². The summed E-state index contributed by atoms with van der Waals surface area (Å²) in [5, 5.41) is 0. The maximum atomic E-state index is 11.8. The van der Waals surface area contributed by atoms with Crippen molar-refractivity contribution in [3.05, 3.63) is 48.2 Å². The fourth-order valence-corrected chi connectivity index (χ4v) is 4.31. The minimum absolute atomic E-state index is 0.219. The number of benzene rings is 1. The highest BCUT2D eigenvalue weighted by molar-refractivity contribution is 7.90. The molecule has 2 aromatic rings. The molecule has 0 N–H and O–H groups in total. The largest absolute Gasteiger partial charge is 0.450 e. The van der Waals surface area contributed by atoms with E-state index in [4.69, 9.17) is 4.74 Å². The smallest absolute Gasteiger partial charge is 0.409 e. The Hall–Kier alpha value is -2.45. The number of amides is 1. The van der Waals surface area contributed by atoms with E-state index in [1.165, 1.54) is 6.26 Å². The molecule has 162 valence electrons. The van der Waals surface area contributed by atoms with Crippen molar-refractivity contribution in [1.82, 2.24) is 14.8 Å². The topological polar surface area (TPSA) is 79.8 Å². The lowest BCUT2D eigenvalue weighted by Gasteiger charge is -2.36. The first-order valence-corrected chi connectivity index (χ1v) is 12.0. The Bertz CT molecular complexity index is 951.